The van der Waals surface area contributed by atoms with Gasteiger partial charge in [0, 0.05) is 17.2 Å². The summed E-state index contributed by atoms with van der Waals surface area (Å²) in [7, 11) is 0. The third kappa shape index (κ3) is 3.64. The number of aromatic nitrogens is 2. The molecule has 2 aliphatic rings. The van der Waals surface area contributed by atoms with Crippen LogP contribution < -0.4 is 4.74 Å². The van der Waals surface area contributed by atoms with Gasteiger partial charge in [-0.3, -0.25) is 4.68 Å². The van der Waals surface area contributed by atoms with Crippen LogP contribution in [-0.4, -0.2) is 55.4 Å². The Morgan fingerprint density at radius 1 is 1.35 bits per heavy atom. The van der Waals surface area contributed by atoms with Gasteiger partial charge in [0.1, 0.15) is 29.7 Å². The molecule has 0 saturated carbocycles. The quantitative estimate of drug-likeness (QED) is 0.639. The van der Waals surface area contributed by atoms with Gasteiger partial charge in [0.15, 0.2) is 0 Å². The normalized spacial score (nSPS) is 19.5. The van der Waals surface area contributed by atoms with Crippen molar-refractivity contribution < 1.29 is 20.1 Å². The second kappa shape index (κ2) is 7.59. The van der Waals surface area contributed by atoms with Crippen LogP contribution >= 0.6 is 0 Å². The fraction of sp³-hybridized carbons (Fsp3) is 0.375. The Kier molecular flexibility index (Phi) is 5.19. The molecule has 2 aliphatic heterocycles. The van der Waals surface area contributed by atoms with E-state index in [1.165, 1.54) is 0 Å². The summed E-state index contributed by atoms with van der Waals surface area (Å²) in [5.74, 6) is 0.552. The Labute approximate surface area is 181 Å². The van der Waals surface area contributed by atoms with E-state index in [0.29, 0.717) is 29.0 Å². The van der Waals surface area contributed by atoms with Crippen molar-refractivity contribution in [2.24, 2.45) is 5.41 Å². The summed E-state index contributed by atoms with van der Waals surface area (Å²) < 4.78 is 7.75. The van der Waals surface area contributed by atoms with Crippen molar-refractivity contribution >= 4 is 16.6 Å². The van der Waals surface area contributed by atoms with E-state index in [0.717, 1.165) is 16.8 Å². The first-order valence-corrected chi connectivity index (χ1v) is 10.3. The third-order valence-corrected chi connectivity index (χ3v) is 5.81. The zero-order valence-corrected chi connectivity index (χ0v) is 18.2. The largest absolute Gasteiger partial charge is 0.508 e. The fourth-order valence-corrected chi connectivity index (χ4v) is 4.14. The van der Waals surface area contributed by atoms with E-state index in [2.05, 4.69) is 38.8 Å². The lowest BCUT2D eigenvalue weighted by atomic mass is 9.82. The van der Waals surface area contributed by atoms with Crippen LogP contribution in [0.15, 0.2) is 60.5 Å². The summed E-state index contributed by atoms with van der Waals surface area (Å²) >= 11 is 0. The highest BCUT2D eigenvalue weighted by Crippen LogP contribution is 2.44. The van der Waals surface area contributed by atoms with Gasteiger partial charge in [-0.1, -0.05) is 46.1 Å². The number of aliphatic hydroxyl groups excluding tert-OH is 3. The first kappa shape index (κ1) is 21.2. The molecule has 31 heavy (non-hydrogen) atoms. The smallest absolute Gasteiger partial charge is 0.147 e. The molecule has 3 N–H and O–H groups in total. The number of rotatable bonds is 5. The summed E-state index contributed by atoms with van der Waals surface area (Å²) in [5, 5.41) is 34.6. The molecule has 3 heterocycles. The van der Waals surface area contributed by atoms with E-state index in [-0.39, 0.29) is 30.4 Å². The van der Waals surface area contributed by atoms with Crippen molar-refractivity contribution in [1.82, 2.24) is 14.7 Å². The van der Waals surface area contributed by atoms with Gasteiger partial charge >= 0.3 is 0 Å². The predicted octanol–water partition coefficient (Wildman–Crippen LogP) is 3.36. The van der Waals surface area contributed by atoms with Gasteiger partial charge in [-0.2, -0.15) is 5.10 Å². The van der Waals surface area contributed by atoms with Crippen LogP contribution in [0.5, 0.6) is 5.75 Å². The van der Waals surface area contributed by atoms with Crippen LogP contribution in [0.3, 0.4) is 0 Å². The van der Waals surface area contributed by atoms with Crippen molar-refractivity contribution in [2.75, 3.05) is 13.2 Å². The fourth-order valence-electron chi connectivity index (χ4n) is 4.14. The van der Waals surface area contributed by atoms with E-state index in [1.807, 2.05) is 35.2 Å². The minimum atomic E-state index is -0.951. The van der Waals surface area contributed by atoms with Crippen LogP contribution in [0, 0.1) is 5.41 Å². The van der Waals surface area contributed by atoms with Crippen molar-refractivity contribution in [3.63, 3.8) is 0 Å². The number of ether oxygens (including phenoxy) is 1. The van der Waals surface area contributed by atoms with Gasteiger partial charge in [-0.25, -0.2) is 0 Å². The predicted molar refractivity (Wildman–Crippen MR) is 120 cm³/mol. The van der Waals surface area contributed by atoms with E-state index < -0.39 is 6.10 Å². The van der Waals surface area contributed by atoms with Crippen molar-refractivity contribution in [2.45, 2.75) is 39.5 Å². The van der Waals surface area contributed by atoms with E-state index in [1.54, 1.807) is 0 Å². The van der Waals surface area contributed by atoms with E-state index >= 15 is 0 Å². The number of benzene rings is 1. The molecule has 0 amide bonds. The average Bonchev–Trinajstić information content (AvgIpc) is 3.09. The Morgan fingerprint density at radius 3 is 2.74 bits per heavy atom. The summed E-state index contributed by atoms with van der Waals surface area (Å²) in [6, 6.07) is 5.78. The molecule has 164 valence electrons. The van der Waals surface area contributed by atoms with Gasteiger partial charge < -0.3 is 25.0 Å². The molecule has 2 atom stereocenters. The Bertz CT molecular complexity index is 1120. The lowest BCUT2D eigenvalue weighted by Crippen LogP contribution is -2.47. The number of aliphatic hydroxyl groups is 3. The SMILES string of the molecule is C=C(O)C1=CN2C(=CC1=C)c1c3cccc(OCC(O)CO)c3nn1CC2C(C)(C)C. The standard InChI is InChI=1S/C24H29N3O4/c1-14-9-19-23-17-7-6-8-20(31-13-16(30)12-28)22(17)25-27(23)11-21(24(3,4)5)26(19)10-18(14)15(2)29/h6-10,16,21,28-30H,1-2,11-13H2,3-5H3. The minimum absolute atomic E-state index is 0.00461. The van der Waals surface area contributed by atoms with Gasteiger partial charge in [-0.15, -0.1) is 0 Å². The number of allylic oxidation sites excluding steroid dienone is 2. The lowest BCUT2D eigenvalue weighted by molar-refractivity contribution is 0.0540. The molecule has 7 nitrogen and oxygen atoms in total. The van der Waals surface area contributed by atoms with Crippen LogP contribution in [0.2, 0.25) is 0 Å². The maximum Gasteiger partial charge on any atom is 0.147 e. The summed E-state index contributed by atoms with van der Waals surface area (Å²) in [6.45, 7) is 14.6. The average molecular weight is 424 g/mol. The van der Waals surface area contributed by atoms with Gasteiger partial charge in [0.25, 0.3) is 0 Å². The Balaban J connectivity index is 1.87. The van der Waals surface area contributed by atoms with Crippen LogP contribution in [0.4, 0.5) is 0 Å². The monoisotopic (exact) mass is 423 g/mol. The maximum atomic E-state index is 10.1. The molecule has 0 bridgehead atoms. The Hall–Kier alpha value is -3.03. The summed E-state index contributed by atoms with van der Waals surface area (Å²) in [4.78, 5) is 2.19. The molecule has 2 aromatic rings. The number of hydrogen-bond acceptors (Lipinski definition) is 6. The highest BCUT2D eigenvalue weighted by molar-refractivity contribution is 5.95. The lowest BCUT2D eigenvalue weighted by Gasteiger charge is -2.46. The molecular weight excluding hydrogens is 394 g/mol. The van der Waals surface area contributed by atoms with E-state index in [9.17, 15) is 10.2 Å². The van der Waals surface area contributed by atoms with Crippen LogP contribution in [-0.2, 0) is 6.54 Å². The molecule has 7 heteroatoms. The molecule has 1 aromatic carbocycles. The van der Waals surface area contributed by atoms with Crippen LogP contribution in [0.1, 0.15) is 26.5 Å². The minimum Gasteiger partial charge on any atom is -0.508 e. The van der Waals surface area contributed by atoms with Crippen LogP contribution in [0.25, 0.3) is 16.6 Å². The molecule has 0 spiro atoms. The molecule has 2 unspecified atom stereocenters. The second-order valence-corrected chi connectivity index (χ2v) is 9.16. The first-order chi connectivity index (χ1) is 14.6. The van der Waals surface area contributed by atoms with Gasteiger partial charge in [0.2, 0.25) is 0 Å². The van der Waals surface area contributed by atoms with Gasteiger partial charge in [0.05, 0.1) is 30.6 Å². The molecule has 0 aliphatic carbocycles. The maximum absolute atomic E-state index is 10.1. The molecule has 1 aromatic heterocycles. The zero-order valence-electron chi connectivity index (χ0n) is 18.2. The molecule has 0 radical (unpaired) electrons. The number of hydrogen-bond donors (Lipinski definition) is 3. The van der Waals surface area contributed by atoms with Crippen molar-refractivity contribution in [3.05, 3.63) is 66.2 Å². The van der Waals surface area contributed by atoms with Crippen molar-refractivity contribution in [1.29, 1.82) is 0 Å². The highest BCUT2D eigenvalue weighted by Gasteiger charge is 2.40. The Morgan fingerprint density at radius 2 is 2.10 bits per heavy atom. The zero-order chi connectivity index (χ0) is 22.5. The van der Waals surface area contributed by atoms with Crippen molar-refractivity contribution in [3.8, 4) is 5.75 Å². The number of nitrogens with zero attached hydrogens (tertiary/aromatic N) is 3. The molecule has 0 saturated heterocycles. The molecular formula is C24H29N3O4. The molecule has 0 fully saturated rings. The van der Waals surface area contributed by atoms with Gasteiger partial charge in [-0.05, 0) is 23.1 Å². The summed E-state index contributed by atoms with van der Waals surface area (Å²) in [6.07, 6.45) is 2.94. The second-order valence-electron chi connectivity index (χ2n) is 9.16. The third-order valence-electron chi connectivity index (χ3n) is 5.81. The van der Waals surface area contributed by atoms with E-state index in [4.69, 9.17) is 14.9 Å². The first-order valence-electron chi connectivity index (χ1n) is 10.3. The topological polar surface area (TPSA) is 91.0 Å². The number of fused-ring (bicyclic) bond motifs is 5. The highest BCUT2D eigenvalue weighted by atomic mass is 16.5. The molecule has 4 rings (SSSR count). The summed E-state index contributed by atoms with van der Waals surface area (Å²) in [5.41, 5.74) is 3.84.